The number of nitrogens with one attached hydrogen (secondary N) is 2. The molecular formula is C14H36N2O2Si3. The average Bonchev–Trinajstić information content (AvgIpc) is 2.16. The Morgan fingerprint density at radius 2 is 1.48 bits per heavy atom. The van der Waals surface area contributed by atoms with Crippen molar-refractivity contribution in [2.75, 3.05) is 6.54 Å². The molecule has 4 nitrogen and oxygen atoms in total. The van der Waals surface area contributed by atoms with Gasteiger partial charge in [-0.2, -0.15) is 0 Å². The van der Waals surface area contributed by atoms with Crippen LogP contribution in [0.1, 0.15) is 12.8 Å². The lowest BCUT2D eigenvalue weighted by atomic mass is 10.2. The van der Waals surface area contributed by atoms with Gasteiger partial charge in [0.25, 0.3) is 0 Å². The van der Waals surface area contributed by atoms with Gasteiger partial charge in [-0.05, 0) is 39.0 Å². The quantitative estimate of drug-likeness (QED) is 0.495. The number of rotatable bonds is 9. The highest BCUT2D eigenvalue weighted by Crippen LogP contribution is 2.10. The second kappa shape index (κ2) is 8.05. The Kier molecular flexibility index (Phi) is 8.07. The molecule has 0 bridgehead atoms. The van der Waals surface area contributed by atoms with Crippen LogP contribution in [0.5, 0.6) is 0 Å². The fourth-order valence-electron chi connectivity index (χ4n) is 1.91. The maximum atomic E-state index is 12.4. The molecule has 1 unspecified atom stereocenters. The first-order valence-corrected chi connectivity index (χ1v) is 18.4. The minimum atomic E-state index is -1.82. The lowest BCUT2D eigenvalue weighted by Crippen LogP contribution is -2.53. The summed E-state index contributed by atoms with van der Waals surface area (Å²) >= 11 is 0. The maximum Gasteiger partial charge on any atom is 0.309 e. The van der Waals surface area contributed by atoms with Crippen molar-refractivity contribution in [3.63, 3.8) is 0 Å². The summed E-state index contributed by atoms with van der Waals surface area (Å²) < 4.78 is 5.69. The van der Waals surface area contributed by atoms with Crippen LogP contribution in [0, 0.1) is 0 Å². The minimum absolute atomic E-state index is 0.0513. The third-order valence-corrected chi connectivity index (χ3v) is 5.96. The van der Waals surface area contributed by atoms with E-state index in [0.717, 1.165) is 19.4 Å². The van der Waals surface area contributed by atoms with Crippen molar-refractivity contribution in [3.05, 3.63) is 0 Å². The molecule has 2 N–H and O–H groups in total. The van der Waals surface area contributed by atoms with Crippen molar-refractivity contribution in [2.24, 2.45) is 0 Å². The molecule has 0 aromatic rings. The first kappa shape index (κ1) is 21.0. The van der Waals surface area contributed by atoms with Gasteiger partial charge in [-0.25, -0.2) is 0 Å². The van der Waals surface area contributed by atoms with E-state index in [1.165, 1.54) is 0 Å². The molecule has 0 heterocycles. The Bertz CT molecular complexity index is 331. The zero-order chi connectivity index (χ0) is 16.9. The van der Waals surface area contributed by atoms with E-state index in [1.807, 2.05) is 0 Å². The molecule has 0 aliphatic carbocycles. The Morgan fingerprint density at radius 1 is 0.952 bits per heavy atom. The van der Waals surface area contributed by atoms with Gasteiger partial charge in [-0.1, -0.05) is 39.3 Å². The van der Waals surface area contributed by atoms with E-state index in [0.29, 0.717) is 0 Å². The van der Waals surface area contributed by atoms with Crippen LogP contribution in [0.25, 0.3) is 0 Å². The van der Waals surface area contributed by atoms with Crippen molar-refractivity contribution >= 4 is 30.8 Å². The number of hydrogen-bond acceptors (Lipinski definition) is 4. The van der Waals surface area contributed by atoms with Gasteiger partial charge < -0.3 is 14.4 Å². The molecule has 0 aromatic heterocycles. The van der Waals surface area contributed by atoms with Crippen molar-refractivity contribution < 1.29 is 9.22 Å². The SMILES string of the molecule is C[Si](C)(C)NCCCC(N[Si](C)(C)C)C(=O)O[Si](C)(C)C. The fourth-order valence-corrected chi connectivity index (χ4v) is 4.89. The van der Waals surface area contributed by atoms with Gasteiger partial charge >= 0.3 is 5.97 Å². The number of hydrogen-bond donors (Lipinski definition) is 2. The third-order valence-electron chi connectivity index (χ3n) is 2.62. The maximum absolute atomic E-state index is 12.4. The molecule has 0 saturated carbocycles. The lowest BCUT2D eigenvalue weighted by Gasteiger charge is -2.29. The normalized spacial score (nSPS) is 14.9. The molecule has 126 valence electrons. The second-order valence-electron chi connectivity index (χ2n) is 8.80. The van der Waals surface area contributed by atoms with Gasteiger partial charge in [0, 0.05) is 0 Å². The molecule has 0 rings (SSSR count). The van der Waals surface area contributed by atoms with E-state index in [1.54, 1.807) is 0 Å². The predicted molar refractivity (Wildman–Crippen MR) is 100 cm³/mol. The van der Waals surface area contributed by atoms with Gasteiger partial charge in [-0.15, -0.1) is 0 Å². The number of carbonyl (C=O) groups is 1. The Labute approximate surface area is 134 Å². The summed E-state index contributed by atoms with van der Waals surface area (Å²) in [6, 6.07) is -0.146. The predicted octanol–water partition coefficient (Wildman–Crippen LogP) is 3.36. The molecule has 0 saturated heterocycles. The highest BCUT2D eigenvalue weighted by Gasteiger charge is 2.29. The Balaban J connectivity index is 4.50. The van der Waals surface area contributed by atoms with Crippen molar-refractivity contribution in [2.45, 2.75) is 77.8 Å². The van der Waals surface area contributed by atoms with E-state index in [-0.39, 0.29) is 12.0 Å². The first-order valence-electron chi connectivity index (χ1n) is 7.95. The van der Waals surface area contributed by atoms with Crippen LogP contribution in [0.3, 0.4) is 0 Å². The van der Waals surface area contributed by atoms with Crippen LogP contribution in [0.2, 0.25) is 58.9 Å². The van der Waals surface area contributed by atoms with Crippen molar-refractivity contribution in [1.82, 2.24) is 9.96 Å². The van der Waals surface area contributed by atoms with Crippen LogP contribution < -0.4 is 9.96 Å². The van der Waals surface area contributed by atoms with Crippen LogP contribution in [-0.4, -0.2) is 43.3 Å². The zero-order valence-corrected chi connectivity index (χ0v) is 18.5. The molecule has 0 aromatic carbocycles. The molecule has 0 amide bonds. The monoisotopic (exact) mass is 348 g/mol. The molecule has 0 fully saturated rings. The fraction of sp³-hybridized carbons (Fsp3) is 0.929. The summed E-state index contributed by atoms with van der Waals surface area (Å²) in [5, 5.41) is 0. The standard InChI is InChI=1S/C14H36N2O2Si3/c1-19(2,3)15-12-10-11-13(16-20(4,5)6)14(17)18-21(7,8)9/h13,15-16H,10-12H2,1-9H3. The smallest absolute Gasteiger partial charge is 0.309 e. The number of carbonyl (C=O) groups excluding carboxylic acids is 1. The zero-order valence-electron chi connectivity index (χ0n) is 15.5. The van der Waals surface area contributed by atoms with E-state index >= 15 is 0 Å². The molecule has 1 atom stereocenters. The van der Waals surface area contributed by atoms with E-state index in [2.05, 4.69) is 68.9 Å². The van der Waals surface area contributed by atoms with Gasteiger partial charge in [0.15, 0.2) is 0 Å². The van der Waals surface area contributed by atoms with Gasteiger partial charge in [0.1, 0.15) is 16.5 Å². The first-order chi connectivity index (χ1) is 9.20. The van der Waals surface area contributed by atoms with Crippen LogP contribution in [-0.2, 0) is 9.22 Å². The van der Waals surface area contributed by atoms with Gasteiger partial charge in [-0.3, -0.25) is 4.79 Å². The Hall–Kier alpha value is 0.0406. The molecular weight excluding hydrogens is 312 g/mol. The van der Waals surface area contributed by atoms with Crippen molar-refractivity contribution in [1.29, 1.82) is 0 Å². The van der Waals surface area contributed by atoms with E-state index < -0.39 is 24.8 Å². The largest absolute Gasteiger partial charge is 0.519 e. The Morgan fingerprint density at radius 3 is 1.86 bits per heavy atom. The van der Waals surface area contributed by atoms with Gasteiger partial charge in [0.2, 0.25) is 8.32 Å². The van der Waals surface area contributed by atoms with Gasteiger partial charge in [0.05, 0.1) is 6.04 Å². The summed E-state index contributed by atoms with van der Waals surface area (Å²) in [6.07, 6.45) is 1.86. The molecule has 0 radical (unpaired) electrons. The summed E-state index contributed by atoms with van der Waals surface area (Å²) in [5.74, 6) is -0.0513. The average molecular weight is 349 g/mol. The van der Waals surface area contributed by atoms with Crippen molar-refractivity contribution in [3.8, 4) is 0 Å². The summed E-state index contributed by atoms with van der Waals surface area (Å²) in [5.41, 5.74) is 0. The van der Waals surface area contributed by atoms with E-state index in [4.69, 9.17) is 4.43 Å². The van der Waals surface area contributed by atoms with E-state index in [9.17, 15) is 4.79 Å². The topological polar surface area (TPSA) is 50.4 Å². The summed E-state index contributed by atoms with van der Waals surface area (Å²) in [7, 11) is -4.53. The van der Waals surface area contributed by atoms with Crippen LogP contribution >= 0.6 is 0 Å². The summed E-state index contributed by atoms with van der Waals surface area (Å²) in [4.78, 5) is 19.5. The van der Waals surface area contributed by atoms with Crippen LogP contribution in [0.15, 0.2) is 0 Å². The molecule has 0 aliphatic heterocycles. The van der Waals surface area contributed by atoms with Crippen LogP contribution in [0.4, 0.5) is 0 Å². The lowest BCUT2D eigenvalue weighted by molar-refractivity contribution is -0.137. The summed E-state index contributed by atoms with van der Waals surface area (Å²) in [6.45, 7) is 20.7. The molecule has 21 heavy (non-hydrogen) atoms. The highest BCUT2D eigenvalue weighted by molar-refractivity contribution is 6.74. The minimum Gasteiger partial charge on any atom is -0.519 e. The molecule has 7 heteroatoms. The second-order valence-corrected chi connectivity index (χ2v) is 22.9. The highest BCUT2D eigenvalue weighted by atomic mass is 28.4. The third kappa shape index (κ3) is 13.4. The molecule has 0 spiro atoms. The molecule has 0 aliphatic rings.